The summed E-state index contributed by atoms with van der Waals surface area (Å²) in [7, 11) is 1.59. The van der Waals surface area contributed by atoms with Crippen molar-refractivity contribution >= 4 is 11.6 Å². The van der Waals surface area contributed by atoms with Crippen molar-refractivity contribution < 1.29 is 14.8 Å². The highest BCUT2D eigenvalue weighted by Gasteiger charge is 2.31. The SMILES string of the molecule is CN(C(=O)c1cccc([N+](=O)[O-])c1)[C@H]1CNC[C@@H]1O. The van der Waals surface area contributed by atoms with Crippen LogP contribution in [-0.2, 0) is 0 Å². The van der Waals surface area contributed by atoms with Crippen LogP contribution in [0.15, 0.2) is 24.3 Å². The molecule has 0 aliphatic carbocycles. The van der Waals surface area contributed by atoms with Crippen LogP contribution in [0.1, 0.15) is 10.4 Å². The standard InChI is InChI=1S/C12H15N3O4/c1-14(10-6-13-7-11(10)16)12(17)8-3-2-4-9(5-8)15(18)19/h2-5,10-11,13,16H,6-7H2,1H3/t10-,11-/m0/s1. The Balaban J connectivity index is 2.19. The van der Waals surface area contributed by atoms with E-state index in [4.69, 9.17) is 0 Å². The molecule has 102 valence electrons. The molecule has 2 N–H and O–H groups in total. The molecule has 0 aromatic heterocycles. The van der Waals surface area contributed by atoms with Crippen LogP contribution >= 0.6 is 0 Å². The predicted molar refractivity (Wildman–Crippen MR) is 67.9 cm³/mol. The summed E-state index contributed by atoms with van der Waals surface area (Å²) in [5.74, 6) is -0.337. The van der Waals surface area contributed by atoms with Gasteiger partial charge in [0.1, 0.15) is 0 Å². The maximum Gasteiger partial charge on any atom is 0.270 e. The normalized spacial score (nSPS) is 22.2. The number of benzene rings is 1. The number of non-ortho nitro benzene ring substituents is 1. The maximum atomic E-state index is 12.2. The van der Waals surface area contributed by atoms with Gasteiger partial charge in [0.05, 0.1) is 17.1 Å². The number of nitro benzene ring substituents is 1. The van der Waals surface area contributed by atoms with Crippen LogP contribution in [0.2, 0.25) is 0 Å². The molecule has 2 atom stereocenters. The van der Waals surface area contributed by atoms with Gasteiger partial charge in [0, 0.05) is 37.8 Å². The molecule has 0 radical (unpaired) electrons. The fourth-order valence-corrected chi connectivity index (χ4v) is 2.15. The van der Waals surface area contributed by atoms with Crippen LogP contribution in [0.25, 0.3) is 0 Å². The molecule has 1 fully saturated rings. The Morgan fingerprint density at radius 2 is 2.26 bits per heavy atom. The fourth-order valence-electron chi connectivity index (χ4n) is 2.15. The lowest BCUT2D eigenvalue weighted by Gasteiger charge is -2.26. The van der Waals surface area contributed by atoms with Crippen LogP contribution in [0.3, 0.4) is 0 Å². The lowest BCUT2D eigenvalue weighted by Crippen LogP contribution is -2.44. The third-order valence-corrected chi connectivity index (χ3v) is 3.27. The van der Waals surface area contributed by atoms with Crippen molar-refractivity contribution in [2.45, 2.75) is 12.1 Å². The van der Waals surface area contributed by atoms with Gasteiger partial charge in [0.15, 0.2) is 0 Å². The molecule has 2 rings (SSSR count). The molecule has 1 amide bonds. The number of nitrogens with one attached hydrogen (secondary N) is 1. The van der Waals surface area contributed by atoms with E-state index in [-0.39, 0.29) is 23.2 Å². The first-order valence-electron chi connectivity index (χ1n) is 5.91. The average molecular weight is 265 g/mol. The minimum absolute atomic E-state index is 0.121. The van der Waals surface area contributed by atoms with Gasteiger partial charge in [-0.1, -0.05) is 6.07 Å². The Morgan fingerprint density at radius 3 is 2.84 bits per heavy atom. The molecule has 0 bridgehead atoms. The van der Waals surface area contributed by atoms with Crippen molar-refractivity contribution in [2.75, 3.05) is 20.1 Å². The van der Waals surface area contributed by atoms with Crippen molar-refractivity contribution in [3.8, 4) is 0 Å². The highest BCUT2D eigenvalue weighted by molar-refractivity contribution is 5.95. The minimum atomic E-state index is -0.618. The molecule has 1 aromatic carbocycles. The van der Waals surface area contributed by atoms with Crippen molar-refractivity contribution in [3.05, 3.63) is 39.9 Å². The number of rotatable bonds is 3. The van der Waals surface area contributed by atoms with E-state index in [2.05, 4.69) is 5.32 Å². The Kier molecular flexibility index (Phi) is 3.77. The zero-order valence-corrected chi connectivity index (χ0v) is 10.4. The summed E-state index contributed by atoms with van der Waals surface area (Å²) in [4.78, 5) is 23.8. The summed E-state index contributed by atoms with van der Waals surface area (Å²) in [6.45, 7) is 0.954. The number of hydrogen-bond acceptors (Lipinski definition) is 5. The van der Waals surface area contributed by atoms with Gasteiger partial charge >= 0.3 is 0 Å². The summed E-state index contributed by atoms with van der Waals surface area (Å²) >= 11 is 0. The topological polar surface area (TPSA) is 95.7 Å². The van der Waals surface area contributed by atoms with Crippen LogP contribution < -0.4 is 5.32 Å². The third kappa shape index (κ3) is 2.72. The van der Waals surface area contributed by atoms with Crippen LogP contribution in [-0.4, -0.2) is 53.1 Å². The molecule has 0 spiro atoms. The number of nitro groups is 1. The summed E-state index contributed by atoms with van der Waals surface area (Å²) in [5, 5.41) is 23.4. The zero-order valence-electron chi connectivity index (χ0n) is 10.4. The van der Waals surface area contributed by atoms with Gasteiger partial charge in [-0.2, -0.15) is 0 Å². The van der Waals surface area contributed by atoms with Crippen molar-refractivity contribution in [2.24, 2.45) is 0 Å². The van der Waals surface area contributed by atoms with E-state index < -0.39 is 11.0 Å². The number of hydrogen-bond donors (Lipinski definition) is 2. The first-order chi connectivity index (χ1) is 9.00. The zero-order chi connectivity index (χ0) is 14.0. The number of nitrogens with zero attached hydrogens (tertiary/aromatic N) is 2. The third-order valence-electron chi connectivity index (χ3n) is 3.27. The predicted octanol–water partition coefficient (Wildman–Crippen LogP) is -0.000500. The number of aliphatic hydroxyl groups excluding tert-OH is 1. The van der Waals surface area contributed by atoms with Crippen molar-refractivity contribution in [1.82, 2.24) is 10.2 Å². The number of carbonyl (C=O) groups is 1. The smallest absolute Gasteiger partial charge is 0.270 e. The van der Waals surface area contributed by atoms with Crippen LogP contribution in [0, 0.1) is 10.1 Å². The van der Waals surface area contributed by atoms with Crippen molar-refractivity contribution in [3.63, 3.8) is 0 Å². The van der Waals surface area contributed by atoms with E-state index in [1.165, 1.54) is 29.2 Å². The van der Waals surface area contributed by atoms with E-state index in [0.717, 1.165) is 0 Å². The molecular weight excluding hydrogens is 250 g/mol. The first kappa shape index (κ1) is 13.4. The fraction of sp³-hybridized carbons (Fsp3) is 0.417. The Labute approximate surface area is 110 Å². The molecule has 0 unspecified atom stereocenters. The van der Waals surface area contributed by atoms with E-state index in [1.54, 1.807) is 7.05 Å². The lowest BCUT2D eigenvalue weighted by atomic mass is 10.1. The van der Waals surface area contributed by atoms with Gasteiger partial charge in [-0.05, 0) is 6.07 Å². The van der Waals surface area contributed by atoms with Gasteiger partial charge in [-0.3, -0.25) is 14.9 Å². The van der Waals surface area contributed by atoms with Crippen LogP contribution in [0.5, 0.6) is 0 Å². The van der Waals surface area contributed by atoms with Crippen molar-refractivity contribution in [1.29, 1.82) is 0 Å². The van der Waals surface area contributed by atoms with Gasteiger partial charge < -0.3 is 15.3 Å². The number of carbonyl (C=O) groups excluding carboxylic acids is 1. The maximum absolute atomic E-state index is 12.2. The van der Waals surface area contributed by atoms with E-state index >= 15 is 0 Å². The second-order valence-electron chi connectivity index (χ2n) is 4.52. The molecule has 0 saturated carbocycles. The monoisotopic (exact) mass is 265 g/mol. The molecule has 7 heteroatoms. The lowest BCUT2D eigenvalue weighted by molar-refractivity contribution is -0.384. The summed E-state index contributed by atoms with van der Waals surface area (Å²) in [5.41, 5.74) is 0.125. The Hall–Kier alpha value is -1.99. The van der Waals surface area contributed by atoms with Gasteiger partial charge in [0.2, 0.25) is 0 Å². The molecule has 1 aliphatic rings. The minimum Gasteiger partial charge on any atom is -0.390 e. The summed E-state index contributed by atoms with van der Waals surface area (Å²) in [6, 6.07) is 5.27. The van der Waals surface area contributed by atoms with E-state index in [9.17, 15) is 20.0 Å². The second-order valence-corrected chi connectivity index (χ2v) is 4.52. The Morgan fingerprint density at radius 1 is 1.53 bits per heavy atom. The molecule has 1 aromatic rings. The molecule has 1 aliphatic heterocycles. The molecule has 19 heavy (non-hydrogen) atoms. The van der Waals surface area contributed by atoms with Gasteiger partial charge in [0.25, 0.3) is 11.6 Å². The largest absolute Gasteiger partial charge is 0.390 e. The number of aliphatic hydroxyl groups is 1. The van der Waals surface area contributed by atoms with Crippen LogP contribution in [0.4, 0.5) is 5.69 Å². The molecule has 1 heterocycles. The first-order valence-corrected chi connectivity index (χ1v) is 5.91. The van der Waals surface area contributed by atoms with Gasteiger partial charge in [-0.15, -0.1) is 0 Å². The molecular formula is C12H15N3O4. The average Bonchev–Trinajstić information content (AvgIpc) is 2.83. The number of likely N-dealkylation sites (N-methyl/N-ethyl adjacent to an activating group) is 1. The molecule has 7 nitrogen and oxygen atoms in total. The number of β-amino-alcohol motifs (C(OH)–C–C–N with tert-alkyl or cyclic N) is 1. The summed E-state index contributed by atoms with van der Waals surface area (Å²) in [6.07, 6.45) is -0.618. The summed E-state index contributed by atoms with van der Waals surface area (Å²) < 4.78 is 0. The quantitative estimate of drug-likeness (QED) is 0.592. The highest BCUT2D eigenvalue weighted by atomic mass is 16.6. The van der Waals surface area contributed by atoms with Gasteiger partial charge in [-0.25, -0.2) is 0 Å². The van der Waals surface area contributed by atoms with E-state index in [1.807, 2.05) is 0 Å². The molecule has 1 saturated heterocycles. The second kappa shape index (κ2) is 5.33. The van der Waals surface area contributed by atoms with E-state index in [0.29, 0.717) is 13.1 Å². The Bertz CT molecular complexity index is 506. The number of amides is 1. The highest BCUT2D eigenvalue weighted by Crippen LogP contribution is 2.17.